The van der Waals surface area contributed by atoms with Gasteiger partial charge in [0.2, 0.25) is 0 Å². The highest BCUT2D eigenvalue weighted by atomic mass is 15.1. The molecule has 0 amide bonds. The van der Waals surface area contributed by atoms with Crippen molar-refractivity contribution in [3.63, 3.8) is 0 Å². The molecule has 0 unspecified atom stereocenters. The van der Waals surface area contributed by atoms with E-state index in [1.165, 1.54) is 145 Å². The minimum atomic E-state index is -0.449. The number of hydrogen-bond acceptors (Lipinski definition) is 1. The third-order valence-electron chi connectivity index (χ3n) is 18.2. The number of hydrogen-bond donors (Lipinski definition) is 0. The monoisotopic (exact) mass is 865 g/mol. The van der Waals surface area contributed by atoms with Crippen LogP contribution in [0.3, 0.4) is 0 Å². The Labute approximate surface area is 397 Å². The van der Waals surface area contributed by atoms with Gasteiger partial charge in [0.05, 0.1) is 11.1 Å². The summed E-state index contributed by atoms with van der Waals surface area (Å²) >= 11 is 0. The maximum absolute atomic E-state index is 2.61. The zero-order valence-corrected chi connectivity index (χ0v) is 39.5. The van der Waals surface area contributed by atoms with Gasteiger partial charge < -0.3 is 4.90 Å². The van der Waals surface area contributed by atoms with Gasteiger partial charge >= 0.3 is 0 Å². The fourth-order valence-corrected chi connectivity index (χ4v) is 15.8. The molecular weight excluding hydrogens is 807 g/mol. The molecule has 1 nitrogen and oxygen atoms in total. The zero-order valence-electron chi connectivity index (χ0n) is 39.5. The van der Waals surface area contributed by atoms with E-state index < -0.39 is 5.41 Å². The summed E-state index contributed by atoms with van der Waals surface area (Å²) in [4.78, 5) is 2.61. The molecule has 4 fully saturated rings. The van der Waals surface area contributed by atoms with Crippen LogP contribution in [-0.4, -0.2) is 0 Å². The zero-order chi connectivity index (χ0) is 44.8. The van der Waals surface area contributed by atoms with E-state index in [1.54, 1.807) is 5.56 Å². The maximum atomic E-state index is 2.61. The van der Waals surface area contributed by atoms with Gasteiger partial charge in [0.25, 0.3) is 0 Å². The van der Waals surface area contributed by atoms with Crippen molar-refractivity contribution in [1.29, 1.82) is 0 Å². The summed E-state index contributed by atoms with van der Waals surface area (Å²) in [5, 5.41) is 0. The molecule has 0 radical (unpaired) electrons. The van der Waals surface area contributed by atoms with Crippen molar-refractivity contribution in [2.24, 2.45) is 17.8 Å². The number of benzene rings is 8. The molecule has 8 aromatic rings. The van der Waals surface area contributed by atoms with Crippen molar-refractivity contribution in [3.8, 4) is 33.4 Å². The van der Waals surface area contributed by atoms with E-state index in [0.717, 1.165) is 30.6 Å². The van der Waals surface area contributed by atoms with Crippen LogP contribution in [0.5, 0.6) is 0 Å². The maximum Gasteiger partial charge on any atom is 0.0719 e. The summed E-state index contributed by atoms with van der Waals surface area (Å²) in [6, 6.07) is 66.5. The van der Waals surface area contributed by atoms with Gasteiger partial charge in [-0.1, -0.05) is 147 Å². The van der Waals surface area contributed by atoms with Gasteiger partial charge in [-0.2, -0.15) is 0 Å². The molecule has 0 aromatic heterocycles. The summed E-state index contributed by atoms with van der Waals surface area (Å²) in [6.07, 6.45) is 10.7. The largest absolute Gasteiger partial charge is 0.310 e. The lowest BCUT2D eigenvalue weighted by molar-refractivity contribution is -0.00518. The van der Waals surface area contributed by atoms with Crippen molar-refractivity contribution in [2.45, 2.75) is 95.3 Å². The summed E-state index contributed by atoms with van der Waals surface area (Å²) in [5.74, 6) is 2.84. The van der Waals surface area contributed by atoms with Crippen LogP contribution in [0.1, 0.15) is 114 Å². The van der Waals surface area contributed by atoms with Gasteiger partial charge in [-0.05, 0) is 219 Å². The van der Waals surface area contributed by atoms with Gasteiger partial charge in [0.15, 0.2) is 0 Å². The fourth-order valence-electron chi connectivity index (χ4n) is 15.8. The molecule has 67 heavy (non-hydrogen) atoms. The number of rotatable bonds is 5. The molecule has 328 valence electrons. The summed E-state index contributed by atoms with van der Waals surface area (Å²) in [5.41, 5.74) is 26.9. The van der Waals surface area contributed by atoms with Gasteiger partial charge in [0.1, 0.15) is 0 Å². The average molecular weight is 866 g/mol. The number of anilines is 3. The molecule has 1 spiro atoms. The van der Waals surface area contributed by atoms with Crippen molar-refractivity contribution < 1.29 is 0 Å². The third-order valence-corrected chi connectivity index (χ3v) is 18.2. The molecular formula is C66H59N. The van der Waals surface area contributed by atoms with Crippen LogP contribution in [0.4, 0.5) is 17.1 Å². The highest BCUT2D eigenvalue weighted by molar-refractivity contribution is 5.92. The van der Waals surface area contributed by atoms with E-state index in [4.69, 9.17) is 0 Å². The average Bonchev–Trinajstić information content (AvgIpc) is 3.69. The molecule has 7 aliphatic rings. The SMILES string of the molecule is Cc1cc(-c2ccc(C34CC5CC(CC(C5)C3)C4)cc2)cc(C)c1N(c1ccc2c(c1)C(C)(C)c1ccccc1-2)c1ccc2c(c1)C1(c3ccccc3CCc3ccccc31)c1ccccc1-2. The summed E-state index contributed by atoms with van der Waals surface area (Å²) in [6.45, 7) is 9.50. The molecule has 0 aliphatic heterocycles. The van der Waals surface area contributed by atoms with Crippen LogP contribution in [0.2, 0.25) is 0 Å². The minimum Gasteiger partial charge on any atom is -0.310 e. The van der Waals surface area contributed by atoms with E-state index in [2.05, 4.69) is 202 Å². The highest BCUT2D eigenvalue weighted by Gasteiger charge is 2.52. The lowest BCUT2D eigenvalue weighted by Crippen LogP contribution is -2.48. The Hall–Kier alpha value is -6.44. The Morgan fingerprint density at radius 2 is 0.881 bits per heavy atom. The van der Waals surface area contributed by atoms with Crippen molar-refractivity contribution in [3.05, 3.63) is 231 Å². The molecule has 0 N–H and O–H groups in total. The first-order chi connectivity index (χ1) is 32.7. The van der Waals surface area contributed by atoms with E-state index in [9.17, 15) is 0 Å². The van der Waals surface area contributed by atoms with Crippen molar-refractivity contribution in [1.82, 2.24) is 0 Å². The molecule has 0 saturated heterocycles. The second kappa shape index (κ2) is 14.3. The van der Waals surface area contributed by atoms with E-state index in [-0.39, 0.29) is 5.41 Å². The van der Waals surface area contributed by atoms with E-state index >= 15 is 0 Å². The smallest absolute Gasteiger partial charge is 0.0719 e. The third kappa shape index (κ3) is 5.61. The molecule has 0 atom stereocenters. The molecule has 8 aromatic carbocycles. The Bertz CT molecular complexity index is 3240. The van der Waals surface area contributed by atoms with Crippen molar-refractivity contribution >= 4 is 17.1 Å². The molecule has 4 bridgehead atoms. The normalized spacial score (nSPS) is 22.6. The van der Waals surface area contributed by atoms with Gasteiger partial charge in [-0.25, -0.2) is 0 Å². The summed E-state index contributed by atoms with van der Waals surface area (Å²) < 4.78 is 0. The van der Waals surface area contributed by atoms with E-state index in [1.807, 2.05) is 0 Å². The second-order valence-corrected chi connectivity index (χ2v) is 22.3. The topological polar surface area (TPSA) is 3.24 Å². The second-order valence-electron chi connectivity index (χ2n) is 22.3. The Kier molecular flexibility index (Phi) is 8.47. The predicted molar refractivity (Wildman–Crippen MR) is 278 cm³/mol. The fraction of sp³-hybridized carbons (Fsp3) is 0.273. The standard InChI is InChI=1S/C66H59N/c1-41-31-49(46-23-25-50(26-24-46)65-38-43-33-44(39-65)35-45(34-43)40-65)32-42(2)63(41)67(51-27-29-55-53-15-7-11-19-59(53)64(3,4)61(55)36-51)52-28-30-56-54-16-8-12-20-60(54)66(62(56)37-52)57-17-9-5-13-47(57)21-22-48-14-6-10-18-58(48)66/h5-20,23-32,36-37,43-45H,21-22,33-35,38-40H2,1-4H3. The molecule has 0 heterocycles. The van der Waals surface area contributed by atoms with Gasteiger partial charge in [0, 0.05) is 16.8 Å². The number of nitrogens with zero attached hydrogens (tertiary/aromatic N) is 1. The Morgan fingerprint density at radius 3 is 1.46 bits per heavy atom. The van der Waals surface area contributed by atoms with Crippen LogP contribution in [0.15, 0.2) is 170 Å². The van der Waals surface area contributed by atoms with E-state index in [0.29, 0.717) is 5.41 Å². The van der Waals surface area contributed by atoms with Crippen LogP contribution in [0.25, 0.3) is 33.4 Å². The van der Waals surface area contributed by atoms with Crippen LogP contribution in [0, 0.1) is 31.6 Å². The number of aryl methyl sites for hydroxylation is 4. The molecule has 15 rings (SSSR count). The van der Waals surface area contributed by atoms with Gasteiger partial charge in [-0.15, -0.1) is 0 Å². The van der Waals surface area contributed by atoms with Crippen molar-refractivity contribution in [2.75, 3.05) is 4.90 Å². The quantitative estimate of drug-likeness (QED) is 0.167. The van der Waals surface area contributed by atoms with Crippen LogP contribution < -0.4 is 4.90 Å². The first kappa shape index (κ1) is 39.7. The van der Waals surface area contributed by atoms with Gasteiger partial charge in [-0.3, -0.25) is 0 Å². The summed E-state index contributed by atoms with van der Waals surface area (Å²) in [7, 11) is 0. The molecule has 4 saturated carbocycles. The first-order valence-corrected chi connectivity index (χ1v) is 25.4. The predicted octanol–water partition coefficient (Wildman–Crippen LogP) is 16.7. The lowest BCUT2D eigenvalue weighted by atomic mass is 9.48. The Morgan fingerprint density at radius 1 is 0.418 bits per heavy atom. The minimum absolute atomic E-state index is 0.124. The molecule has 1 heteroatoms. The number of fused-ring (bicyclic) bond motifs is 12. The Balaban J connectivity index is 0.953. The first-order valence-electron chi connectivity index (χ1n) is 25.4. The lowest BCUT2D eigenvalue weighted by Gasteiger charge is -2.57. The highest BCUT2D eigenvalue weighted by Crippen LogP contribution is 2.62. The van der Waals surface area contributed by atoms with Crippen LogP contribution in [-0.2, 0) is 29.1 Å². The molecule has 7 aliphatic carbocycles. The van der Waals surface area contributed by atoms with Crippen LogP contribution >= 0.6 is 0 Å².